The van der Waals surface area contributed by atoms with Crippen LogP contribution in [0.2, 0.25) is 0 Å². The van der Waals surface area contributed by atoms with Crippen molar-refractivity contribution in [2.75, 3.05) is 25.6 Å². The van der Waals surface area contributed by atoms with E-state index >= 15 is 0 Å². The lowest BCUT2D eigenvalue weighted by atomic mass is 10.2. The Bertz CT molecular complexity index is 743. The van der Waals surface area contributed by atoms with Crippen LogP contribution in [-0.2, 0) is 11.3 Å². The maximum absolute atomic E-state index is 12.4. The fourth-order valence-electron chi connectivity index (χ4n) is 2.00. The molecule has 128 valence electrons. The molecule has 0 radical (unpaired) electrons. The second-order valence-electron chi connectivity index (χ2n) is 5.07. The minimum absolute atomic E-state index is 0.149. The topological polar surface area (TPSA) is 82.5 Å². The van der Waals surface area contributed by atoms with Gasteiger partial charge in [-0.3, -0.25) is 9.59 Å². The second kappa shape index (κ2) is 8.83. The van der Waals surface area contributed by atoms with Gasteiger partial charge in [-0.15, -0.1) is 0 Å². The first-order chi connectivity index (χ1) is 11.7. The van der Waals surface area contributed by atoms with Crippen LogP contribution in [0.1, 0.15) is 23.8 Å². The van der Waals surface area contributed by atoms with Gasteiger partial charge in [0.15, 0.2) is 0 Å². The van der Waals surface area contributed by atoms with Crippen LogP contribution in [0.4, 0.5) is 5.69 Å². The van der Waals surface area contributed by atoms with Crippen molar-refractivity contribution in [1.29, 1.82) is 0 Å². The third kappa shape index (κ3) is 4.66. The smallest absolute Gasteiger partial charge is 0.276 e. The summed E-state index contributed by atoms with van der Waals surface area (Å²) in [6.45, 7) is 3.19. The molecule has 1 aromatic heterocycles. The highest BCUT2D eigenvalue weighted by molar-refractivity contribution is 6.03. The fourth-order valence-corrected chi connectivity index (χ4v) is 2.00. The van der Waals surface area contributed by atoms with Gasteiger partial charge in [0.05, 0.1) is 25.4 Å². The molecule has 0 aliphatic heterocycles. The zero-order valence-corrected chi connectivity index (χ0v) is 13.8. The number of methoxy groups -OCH3 is 1. The third-order valence-corrected chi connectivity index (χ3v) is 3.20. The lowest BCUT2D eigenvalue weighted by molar-refractivity contribution is 0.101. The van der Waals surface area contributed by atoms with Crippen molar-refractivity contribution < 1.29 is 14.3 Å². The first-order valence-corrected chi connectivity index (χ1v) is 7.76. The summed E-state index contributed by atoms with van der Waals surface area (Å²) in [4.78, 5) is 24.1. The predicted octanol–water partition coefficient (Wildman–Crippen LogP) is 1.93. The van der Waals surface area contributed by atoms with Gasteiger partial charge in [-0.2, -0.15) is 5.10 Å². The van der Waals surface area contributed by atoms with Crippen molar-refractivity contribution in [3.63, 3.8) is 0 Å². The summed E-state index contributed by atoms with van der Waals surface area (Å²) in [7, 11) is 1.54. The molecule has 24 heavy (non-hydrogen) atoms. The van der Waals surface area contributed by atoms with Gasteiger partial charge < -0.3 is 14.8 Å². The monoisotopic (exact) mass is 331 g/mol. The number of nitrogens with zero attached hydrogens (tertiary/aromatic N) is 2. The largest absolute Gasteiger partial charge is 0.491 e. The summed E-state index contributed by atoms with van der Waals surface area (Å²) in [5.41, 5.74) is 0.429. The van der Waals surface area contributed by atoms with Crippen molar-refractivity contribution in [2.45, 2.75) is 19.9 Å². The van der Waals surface area contributed by atoms with Crippen molar-refractivity contribution in [3.8, 4) is 5.75 Å². The molecule has 0 fully saturated rings. The Balaban J connectivity index is 2.17. The lowest BCUT2D eigenvalue weighted by Crippen LogP contribution is -2.27. The van der Waals surface area contributed by atoms with Crippen LogP contribution < -0.4 is 15.6 Å². The molecule has 0 unspecified atom stereocenters. The van der Waals surface area contributed by atoms with E-state index in [2.05, 4.69) is 10.4 Å². The van der Waals surface area contributed by atoms with Gasteiger partial charge in [0, 0.05) is 13.2 Å². The van der Waals surface area contributed by atoms with Crippen molar-refractivity contribution in [3.05, 3.63) is 52.4 Å². The molecule has 1 aromatic carbocycles. The van der Waals surface area contributed by atoms with Crippen LogP contribution in [0.3, 0.4) is 0 Å². The van der Waals surface area contributed by atoms with Crippen LogP contribution >= 0.6 is 0 Å². The summed E-state index contributed by atoms with van der Waals surface area (Å²) >= 11 is 0. The highest BCUT2D eigenvalue weighted by atomic mass is 16.5. The Morgan fingerprint density at radius 3 is 2.75 bits per heavy atom. The zero-order chi connectivity index (χ0) is 17.4. The maximum atomic E-state index is 12.4. The Hall–Kier alpha value is -2.67. The molecule has 2 aromatic rings. The molecule has 1 N–H and O–H groups in total. The van der Waals surface area contributed by atoms with E-state index in [0.29, 0.717) is 24.7 Å². The minimum atomic E-state index is -0.409. The van der Waals surface area contributed by atoms with Crippen molar-refractivity contribution >= 4 is 11.6 Å². The van der Waals surface area contributed by atoms with Gasteiger partial charge in [0.1, 0.15) is 11.4 Å². The number of amides is 1. The zero-order valence-electron chi connectivity index (χ0n) is 13.8. The molecule has 0 bridgehead atoms. The molecule has 0 aliphatic rings. The van der Waals surface area contributed by atoms with E-state index in [9.17, 15) is 9.59 Å². The third-order valence-electron chi connectivity index (χ3n) is 3.20. The summed E-state index contributed by atoms with van der Waals surface area (Å²) in [5, 5.41) is 6.83. The summed E-state index contributed by atoms with van der Waals surface area (Å²) in [6, 6.07) is 9.90. The van der Waals surface area contributed by atoms with Crippen LogP contribution in [-0.4, -0.2) is 36.0 Å². The molecule has 2 rings (SSSR count). The lowest BCUT2D eigenvalue weighted by Gasteiger charge is -2.12. The van der Waals surface area contributed by atoms with Gasteiger partial charge in [0.2, 0.25) is 0 Å². The summed E-state index contributed by atoms with van der Waals surface area (Å²) < 4.78 is 11.8. The standard InChI is InChI=1S/C17H21N3O4/c1-3-11-24-15-7-5-4-6-13(15)18-17(22)14-8-9-16(21)20(19-14)10-12-23-2/h4-9H,3,10-12H2,1-2H3,(H,18,22). The molecule has 7 heteroatoms. The SMILES string of the molecule is CCCOc1ccccc1NC(=O)c1ccc(=O)n(CCOC)n1. The highest BCUT2D eigenvalue weighted by Crippen LogP contribution is 2.24. The quantitative estimate of drug-likeness (QED) is 0.799. The van der Waals surface area contributed by atoms with Crippen LogP contribution in [0.15, 0.2) is 41.2 Å². The Labute approximate surface area is 140 Å². The van der Waals surface area contributed by atoms with E-state index in [4.69, 9.17) is 9.47 Å². The van der Waals surface area contributed by atoms with E-state index in [-0.39, 0.29) is 17.8 Å². The Morgan fingerprint density at radius 2 is 2.00 bits per heavy atom. The number of para-hydroxylation sites is 2. The number of rotatable bonds is 8. The first-order valence-electron chi connectivity index (χ1n) is 7.76. The van der Waals surface area contributed by atoms with Gasteiger partial charge in [-0.25, -0.2) is 4.68 Å². The molecule has 1 amide bonds. The second-order valence-corrected chi connectivity index (χ2v) is 5.07. The molecule has 0 aliphatic carbocycles. The van der Waals surface area contributed by atoms with Crippen LogP contribution in [0.5, 0.6) is 5.75 Å². The van der Waals surface area contributed by atoms with Crippen LogP contribution in [0.25, 0.3) is 0 Å². The molecule has 0 atom stereocenters. The average molecular weight is 331 g/mol. The Morgan fingerprint density at radius 1 is 1.21 bits per heavy atom. The number of anilines is 1. The molecule has 0 spiro atoms. The van der Waals surface area contributed by atoms with Gasteiger partial charge in [-0.1, -0.05) is 19.1 Å². The maximum Gasteiger partial charge on any atom is 0.276 e. The van der Waals surface area contributed by atoms with Gasteiger partial charge in [-0.05, 0) is 24.6 Å². The van der Waals surface area contributed by atoms with Crippen LogP contribution in [0, 0.1) is 0 Å². The predicted molar refractivity (Wildman–Crippen MR) is 90.6 cm³/mol. The number of hydrogen-bond acceptors (Lipinski definition) is 5. The van der Waals surface area contributed by atoms with E-state index in [0.717, 1.165) is 6.42 Å². The molecule has 1 heterocycles. The normalized spacial score (nSPS) is 10.4. The molecule has 0 saturated carbocycles. The van der Waals surface area contributed by atoms with E-state index in [1.54, 1.807) is 18.2 Å². The molecule has 7 nitrogen and oxygen atoms in total. The van der Waals surface area contributed by atoms with E-state index in [1.807, 2.05) is 13.0 Å². The number of nitrogens with one attached hydrogen (secondary N) is 1. The van der Waals surface area contributed by atoms with Gasteiger partial charge in [0.25, 0.3) is 11.5 Å². The molecular weight excluding hydrogens is 310 g/mol. The minimum Gasteiger partial charge on any atom is -0.491 e. The van der Waals surface area contributed by atoms with Gasteiger partial charge >= 0.3 is 0 Å². The number of benzene rings is 1. The molecule has 0 saturated heterocycles. The first kappa shape index (κ1) is 17.7. The number of carbonyl (C=O) groups excluding carboxylic acids is 1. The van der Waals surface area contributed by atoms with Crippen molar-refractivity contribution in [1.82, 2.24) is 9.78 Å². The number of ether oxygens (including phenoxy) is 2. The number of aromatic nitrogens is 2. The van der Waals surface area contributed by atoms with E-state index in [1.165, 1.54) is 23.9 Å². The van der Waals surface area contributed by atoms with Crippen molar-refractivity contribution in [2.24, 2.45) is 0 Å². The Kier molecular flexibility index (Phi) is 6.51. The number of carbonyl (C=O) groups is 1. The summed E-state index contributed by atoms with van der Waals surface area (Å²) in [5.74, 6) is 0.189. The number of hydrogen-bond donors (Lipinski definition) is 1. The highest BCUT2D eigenvalue weighted by Gasteiger charge is 2.12. The summed E-state index contributed by atoms with van der Waals surface area (Å²) in [6.07, 6.45) is 0.869. The molecular formula is C17H21N3O4. The fraction of sp³-hybridized carbons (Fsp3) is 0.353. The van der Waals surface area contributed by atoms with E-state index < -0.39 is 5.91 Å². The average Bonchev–Trinajstić information content (AvgIpc) is 2.60.